The fourth-order valence-corrected chi connectivity index (χ4v) is 7.37. The molecule has 5 aromatic rings. The number of hydrogen-bond donors (Lipinski definition) is 2. The number of sulfone groups is 1. The second-order valence-corrected chi connectivity index (χ2v) is 13.7. The molecular weight excluding hydrogens is 692 g/mol. The zero-order valence-corrected chi connectivity index (χ0v) is 25.4. The van der Waals surface area contributed by atoms with Gasteiger partial charge in [0.25, 0.3) is 6.43 Å². The van der Waals surface area contributed by atoms with Gasteiger partial charge in [-0.3, -0.25) is 4.34 Å². The summed E-state index contributed by atoms with van der Waals surface area (Å²) in [4.78, 5) is 18.2. The monoisotopic (exact) mass is 710 g/mol. The van der Waals surface area contributed by atoms with Crippen LogP contribution in [-0.2, 0) is 9.84 Å². The number of aromatic nitrogens is 5. The molecule has 1 aromatic carbocycles. The summed E-state index contributed by atoms with van der Waals surface area (Å²) >= 11 is 3.40. The summed E-state index contributed by atoms with van der Waals surface area (Å²) in [6.45, 7) is 1.91. The Morgan fingerprint density at radius 1 is 1.10 bits per heavy atom. The van der Waals surface area contributed by atoms with E-state index < -0.39 is 22.1 Å². The minimum Gasteiger partial charge on any atom is -0.352 e. The highest BCUT2D eigenvalue weighted by molar-refractivity contribution is 14.2. The number of hydrogen-bond acceptors (Lipinski definition) is 10. The summed E-state index contributed by atoms with van der Waals surface area (Å²) < 4.78 is 54.8. The first-order valence-electron chi connectivity index (χ1n) is 11.3. The molecule has 1 atom stereocenters. The summed E-state index contributed by atoms with van der Waals surface area (Å²) in [5.41, 5.74) is 1.60. The Morgan fingerprint density at radius 3 is 2.55 bits per heavy atom. The number of benzene rings is 1. The highest BCUT2D eigenvalue weighted by Gasteiger charge is 2.24. The van der Waals surface area contributed by atoms with Crippen molar-refractivity contribution < 1.29 is 17.2 Å². The lowest BCUT2D eigenvalue weighted by molar-refractivity contribution is 0.140. The minimum absolute atomic E-state index is 0.00462. The van der Waals surface area contributed by atoms with E-state index in [-0.39, 0.29) is 45.3 Å². The maximum absolute atomic E-state index is 13.9. The van der Waals surface area contributed by atoms with Crippen LogP contribution < -0.4 is 10.6 Å². The molecule has 40 heavy (non-hydrogen) atoms. The molecular formula is C24H18F2IN8O2PS2. The van der Waals surface area contributed by atoms with Crippen molar-refractivity contribution in [1.29, 1.82) is 5.26 Å². The van der Waals surface area contributed by atoms with Gasteiger partial charge in [-0.2, -0.15) is 5.26 Å². The number of halogens is 3. The molecule has 0 aliphatic carbocycles. The molecule has 5 rings (SSSR count). The van der Waals surface area contributed by atoms with E-state index in [1.807, 2.05) is 35.0 Å². The Kier molecular flexibility index (Phi) is 7.96. The fourth-order valence-electron chi connectivity index (χ4n) is 3.85. The maximum atomic E-state index is 13.9. The van der Waals surface area contributed by atoms with Crippen molar-refractivity contribution in [3.05, 3.63) is 65.1 Å². The molecule has 16 heteroatoms. The molecule has 0 aliphatic heterocycles. The molecule has 10 nitrogen and oxygen atoms in total. The number of nitriles is 1. The Hall–Kier alpha value is -3.32. The van der Waals surface area contributed by atoms with E-state index in [1.165, 1.54) is 27.8 Å². The third-order valence-corrected chi connectivity index (χ3v) is 9.72. The smallest absolute Gasteiger partial charge is 0.295 e. The van der Waals surface area contributed by atoms with Crippen molar-refractivity contribution >= 4 is 83.8 Å². The van der Waals surface area contributed by atoms with Crippen LogP contribution in [0.25, 0.3) is 21.7 Å². The molecule has 0 radical (unpaired) electrons. The summed E-state index contributed by atoms with van der Waals surface area (Å²) in [5.74, 6) is 0.0803. The van der Waals surface area contributed by atoms with Gasteiger partial charge in [-0.05, 0) is 59.3 Å². The number of nitrogens with one attached hydrogen (secondary N) is 2. The van der Waals surface area contributed by atoms with Crippen molar-refractivity contribution in [3.63, 3.8) is 0 Å². The van der Waals surface area contributed by atoms with Crippen LogP contribution >= 0.6 is 39.8 Å². The van der Waals surface area contributed by atoms with Gasteiger partial charge in [0.2, 0.25) is 0 Å². The van der Waals surface area contributed by atoms with Crippen LogP contribution in [0.3, 0.4) is 0 Å². The van der Waals surface area contributed by atoms with E-state index >= 15 is 0 Å². The first-order valence-corrected chi connectivity index (χ1v) is 18.1. The Balaban J connectivity index is 1.66. The SMILES string of the molecule is Cc1cnc(-c2ccc(Nc3cc(Nc4cccc(C#N)n4)nc4c3nc(C(F)F)n4PI)c(S(C)(=O)=O)c2)s1. The molecule has 1 unspecified atom stereocenters. The van der Waals surface area contributed by atoms with Crippen molar-refractivity contribution in [2.45, 2.75) is 18.2 Å². The number of nitrogens with zero attached hydrogens (tertiary/aromatic N) is 6. The van der Waals surface area contributed by atoms with Crippen molar-refractivity contribution in [3.8, 4) is 16.6 Å². The second kappa shape index (κ2) is 11.3. The predicted molar refractivity (Wildman–Crippen MR) is 161 cm³/mol. The quantitative estimate of drug-likeness (QED) is 0.132. The number of pyridine rings is 2. The Labute approximate surface area is 246 Å². The van der Waals surface area contributed by atoms with Crippen LogP contribution in [-0.4, -0.2) is 38.9 Å². The largest absolute Gasteiger partial charge is 0.352 e. The summed E-state index contributed by atoms with van der Waals surface area (Å²) in [5, 5.41) is 15.9. The van der Waals surface area contributed by atoms with Crippen LogP contribution in [0.1, 0.15) is 22.8 Å². The van der Waals surface area contributed by atoms with E-state index in [4.69, 9.17) is 0 Å². The van der Waals surface area contributed by atoms with E-state index in [2.05, 4.69) is 30.6 Å². The van der Waals surface area contributed by atoms with Crippen molar-refractivity contribution in [2.24, 2.45) is 0 Å². The normalized spacial score (nSPS) is 11.9. The molecule has 204 valence electrons. The van der Waals surface area contributed by atoms with Gasteiger partial charge in [-0.25, -0.2) is 37.1 Å². The highest BCUT2D eigenvalue weighted by Crippen LogP contribution is 2.40. The van der Waals surface area contributed by atoms with Crippen LogP contribution in [0.2, 0.25) is 0 Å². The molecule has 0 saturated heterocycles. The van der Waals surface area contributed by atoms with E-state index in [0.29, 0.717) is 16.4 Å². The topological polar surface area (TPSA) is 138 Å². The fraction of sp³-hybridized carbons (Fsp3) is 0.125. The van der Waals surface area contributed by atoms with Crippen molar-refractivity contribution in [2.75, 3.05) is 16.9 Å². The zero-order chi connectivity index (χ0) is 28.6. The van der Waals surface area contributed by atoms with Gasteiger partial charge in [0.05, 0.1) is 22.6 Å². The molecule has 0 bridgehead atoms. The van der Waals surface area contributed by atoms with Crippen LogP contribution in [0.5, 0.6) is 0 Å². The summed E-state index contributed by atoms with van der Waals surface area (Å²) in [6, 6.07) is 13.2. The Bertz CT molecular complexity index is 1910. The molecule has 4 heterocycles. The highest BCUT2D eigenvalue weighted by atomic mass is 127. The number of alkyl halides is 2. The van der Waals surface area contributed by atoms with Gasteiger partial charge in [-0.15, -0.1) is 11.3 Å². The number of imidazole rings is 1. The standard InChI is InChI=1S/C24H18F2IN8O2PS2/c1-12-11-29-24(39-12)13-6-7-15(17(8-13)40(2,36)37)31-16-9-19(32-18-5-3-4-14(10-28)30-18)33-22-20(16)34-23(21(25)26)35(22)38-27/h3-9,11,21,38H,1-2H3,(H2,30,31,32,33). The van der Waals surface area contributed by atoms with Gasteiger partial charge in [0.15, 0.2) is 21.3 Å². The molecule has 0 spiro atoms. The number of thiazole rings is 1. The summed E-state index contributed by atoms with van der Waals surface area (Å²) in [6.07, 6.45) is -0.194. The third-order valence-electron chi connectivity index (χ3n) is 5.56. The van der Waals surface area contributed by atoms with Crippen molar-refractivity contribution in [1.82, 2.24) is 24.3 Å². The van der Waals surface area contributed by atoms with Gasteiger partial charge < -0.3 is 10.6 Å². The molecule has 0 fully saturated rings. The van der Waals surface area contributed by atoms with E-state index in [1.54, 1.807) is 36.5 Å². The van der Waals surface area contributed by atoms with Gasteiger partial charge in [-0.1, -0.05) is 6.07 Å². The average molecular weight is 710 g/mol. The number of rotatable bonds is 8. The van der Waals surface area contributed by atoms with Crippen LogP contribution in [0, 0.1) is 18.3 Å². The maximum Gasteiger partial charge on any atom is 0.295 e. The van der Waals surface area contributed by atoms with E-state index in [0.717, 1.165) is 11.1 Å². The minimum atomic E-state index is -3.72. The zero-order valence-electron chi connectivity index (χ0n) is 20.6. The number of fused-ring (bicyclic) bond motifs is 1. The number of aryl methyl sites for hydroxylation is 1. The van der Waals surface area contributed by atoms with Gasteiger partial charge in [0, 0.05) is 29.0 Å². The molecule has 4 aromatic heterocycles. The molecule has 2 N–H and O–H groups in total. The average Bonchev–Trinajstić information content (AvgIpc) is 3.52. The summed E-state index contributed by atoms with van der Waals surface area (Å²) in [7, 11) is -3.72. The third kappa shape index (κ3) is 5.75. The van der Waals surface area contributed by atoms with Gasteiger partial charge in [0.1, 0.15) is 33.9 Å². The Morgan fingerprint density at radius 2 is 1.90 bits per heavy atom. The molecule has 0 saturated carbocycles. The lowest BCUT2D eigenvalue weighted by Gasteiger charge is -2.14. The first kappa shape index (κ1) is 28.2. The number of anilines is 4. The second-order valence-electron chi connectivity index (χ2n) is 8.45. The first-order chi connectivity index (χ1) is 19.1. The molecule has 0 amide bonds. The predicted octanol–water partition coefficient (Wildman–Crippen LogP) is 6.75. The lowest BCUT2D eigenvalue weighted by Crippen LogP contribution is -2.05. The van der Waals surface area contributed by atoms with Gasteiger partial charge >= 0.3 is 0 Å². The van der Waals surface area contributed by atoms with Crippen LogP contribution in [0.15, 0.2) is 53.6 Å². The lowest BCUT2D eigenvalue weighted by atomic mass is 10.2. The van der Waals surface area contributed by atoms with E-state index in [9.17, 15) is 22.5 Å². The molecule has 0 aliphatic rings. The van der Waals surface area contributed by atoms with Crippen LogP contribution in [0.4, 0.5) is 31.8 Å².